The number of hydrogen-bond acceptors (Lipinski definition) is 5. The summed E-state index contributed by atoms with van der Waals surface area (Å²) in [5.74, 6) is -0.371. The minimum absolute atomic E-state index is 0.0390. The van der Waals surface area contributed by atoms with Gasteiger partial charge in [0.05, 0.1) is 18.2 Å². The third-order valence-electron chi connectivity index (χ3n) is 4.71. The van der Waals surface area contributed by atoms with E-state index >= 15 is 0 Å². The number of nitrogens with zero attached hydrogens (tertiary/aromatic N) is 3. The third kappa shape index (κ3) is 5.37. The summed E-state index contributed by atoms with van der Waals surface area (Å²) < 4.78 is 5.30. The van der Waals surface area contributed by atoms with E-state index in [0.29, 0.717) is 22.7 Å². The Morgan fingerprint density at radius 2 is 1.76 bits per heavy atom. The molecular weight excluding hydrogens is 382 g/mol. The molecule has 0 aliphatic heterocycles. The van der Waals surface area contributed by atoms with Crippen LogP contribution in [0.15, 0.2) is 24.3 Å². The number of esters is 1. The Morgan fingerprint density at radius 1 is 1.14 bits per heavy atom. The number of rotatable bonds is 7. The number of benzene rings is 1. The lowest BCUT2D eigenvalue weighted by atomic mass is 9.86. The van der Waals surface area contributed by atoms with E-state index in [1.54, 1.807) is 6.92 Å². The quantitative estimate of drug-likeness (QED) is 0.447. The Hall–Kier alpha value is -2.36. The molecule has 0 fully saturated rings. The molecule has 1 aromatic heterocycles. The van der Waals surface area contributed by atoms with Crippen molar-refractivity contribution in [1.82, 2.24) is 4.90 Å². The Labute approximate surface area is 178 Å². The molecule has 5 nitrogen and oxygen atoms in total. The molecular formula is C23H31N3O2S. The van der Waals surface area contributed by atoms with Crippen LogP contribution in [0, 0.1) is 6.57 Å². The van der Waals surface area contributed by atoms with Gasteiger partial charge in [-0.3, -0.25) is 0 Å². The first-order valence-corrected chi connectivity index (χ1v) is 10.6. The molecule has 0 aliphatic rings. The van der Waals surface area contributed by atoms with Gasteiger partial charge in [0.15, 0.2) is 0 Å². The van der Waals surface area contributed by atoms with Crippen LogP contribution in [0.25, 0.3) is 16.0 Å². The lowest BCUT2D eigenvalue weighted by Gasteiger charge is -2.20. The second kappa shape index (κ2) is 9.43. The third-order valence-corrected chi connectivity index (χ3v) is 5.98. The van der Waals surface area contributed by atoms with E-state index in [1.807, 2.05) is 38.2 Å². The van der Waals surface area contributed by atoms with Crippen LogP contribution in [0.2, 0.25) is 0 Å². The van der Waals surface area contributed by atoms with Crippen molar-refractivity contribution in [3.8, 4) is 11.1 Å². The predicted molar refractivity (Wildman–Crippen MR) is 122 cm³/mol. The number of carbonyl (C=O) groups excluding carboxylic acids is 1. The predicted octanol–water partition coefficient (Wildman–Crippen LogP) is 5.44. The lowest BCUT2D eigenvalue weighted by molar-refractivity contribution is 0.0533. The van der Waals surface area contributed by atoms with E-state index in [-0.39, 0.29) is 11.4 Å². The minimum atomic E-state index is -0.371. The van der Waals surface area contributed by atoms with Gasteiger partial charge >= 0.3 is 5.97 Å². The maximum Gasteiger partial charge on any atom is 0.347 e. The molecule has 2 aromatic rings. The average molecular weight is 414 g/mol. The van der Waals surface area contributed by atoms with Crippen LogP contribution in [-0.2, 0) is 10.2 Å². The molecule has 1 heterocycles. The van der Waals surface area contributed by atoms with Gasteiger partial charge in [-0.05, 0) is 37.6 Å². The van der Waals surface area contributed by atoms with Crippen molar-refractivity contribution in [2.45, 2.75) is 33.1 Å². The first-order valence-electron chi connectivity index (χ1n) is 9.78. The zero-order valence-electron chi connectivity index (χ0n) is 18.5. The van der Waals surface area contributed by atoms with Gasteiger partial charge in [-0.15, -0.1) is 11.3 Å². The summed E-state index contributed by atoms with van der Waals surface area (Å²) in [5.41, 5.74) is 3.31. The molecule has 0 spiro atoms. The molecule has 0 aliphatic carbocycles. The number of hydrogen-bond donors (Lipinski definition) is 0. The summed E-state index contributed by atoms with van der Waals surface area (Å²) in [6, 6.07) is 8.16. The van der Waals surface area contributed by atoms with Crippen molar-refractivity contribution in [2.24, 2.45) is 0 Å². The largest absolute Gasteiger partial charge is 0.462 e. The number of ether oxygens (including phenoxy) is 1. The fourth-order valence-electron chi connectivity index (χ4n) is 2.97. The molecule has 2 rings (SSSR count). The highest BCUT2D eigenvalue weighted by atomic mass is 32.1. The molecule has 0 radical (unpaired) electrons. The second-order valence-electron chi connectivity index (χ2n) is 8.34. The summed E-state index contributed by atoms with van der Waals surface area (Å²) in [6.45, 7) is 18.0. The van der Waals surface area contributed by atoms with Crippen LogP contribution in [0.5, 0.6) is 0 Å². The topological polar surface area (TPSA) is 37.1 Å². The van der Waals surface area contributed by atoms with Crippen LogP contribution in [0.3, 0.4) is 0 Å². The Kier molecular flexibility index (Phi) is 7.45. The molecule has 0 saturated carbocycles. The lowest BCUT2D eigenvalue weighted by Crippen LogP contribution is -2.27. The van der Waals surface area contributed by atoms with Gasteiger partial charge < -0.3 is 14.5 Å². The van der Waals surface area contributed by atoms with E-state index in [1.165, 1.54) is 16.9 Å². The van der Waals surface area contributed by atoms with E-state index in [4.69, 9.17) is 11.3 Å². The Balaban J connectivity index is 2.59. The summed E-state index contributed by atoms with van der Waals surface area (Å²) >= 11 is 1.34. The molecule has 0 atom stereocenters. The van der Waals surface area contributed by atoms with Crippen molar-refractivity contribution in [3.05, 3.63) is 46.1 Å². The van der Waals surface area contributed by atoms with Crippen molar-refractivity contribution < 1.29 is 9.53 Å². The molecule has 0 N–H and O–H groups in total. The fourth-order valence-corrected chi connectivity index (χ4v) is 4.11. The SMILES string of the molecule is [C-]#[N+]c1c(N(C)CCN(C)C)sc(C(=O)OCC)c1-c1ccc(C(C)(C)C)cc1. The average Bonchev–Trinajstić information content (AvgIpc) is 3.05. The number of carbonyl (C=O) groups is 1. The Morgan fingerprint density at radius 3 is 2.24 bits per heavy atom. The normalized spacial score (nSPS) is 11.4. The van der Waals surface area contributed by atoms with Gasteiger partial charge in [-0.1, -0.05) is 45.0 Å². The molecule has 0 unspecified atom stereocenters. The fraction of sp³-hybridized carbons (Fsp3) is 0.478. The zero-order valence-corrected chi connectivity index (χ0v) is 19.3. The number of anilines is 1. The van der Waals surface area contributed by atoms with E-state index < -0.39 is 0 Å². The summed E-state index contributed by atoms with van der Waals surface area (Å²) in [7, 11) is 6.00. The molecule has 29 heavy (non-hydrogen) atoms. The van der Waals surface area contributed by atoms with Crippen LogP contribution >= 0.6 is 11.3 Å². The minimum Gasteiger partial charge on any atom is -0.462 e. The first kappa shape index (κ1) is 22.9. The Bertz CT molecular complexity index is 887. The maximum atomic E-state index is 12.7. The van der Waals surface area contributed by atoms with Crippen molar-refractivity contribution in [3.63, 3.8) is 0 Å². The van der Waals surface area contributed by atoms with E-state index in [2.05, 4.69) is 42.6 Å². The van der Waals surface area contributed by atoms with Crippen molar-refractivity contribution in [1.29, 1.82) is 0 Å². The second-order valence-corrected chi connectivity index (χ2v) is 9.34. The monoisotopic (exact) mass is 413 g/mol. The van der Waals surface area contributed by atoms with Crippen LogP contribution in [0.1, 0.15) is 42.9 Å². The molecule has 1 aromatic carbocycles. The molecule has 0 saturated heterocycles. The maximum absolute atomic E-state index is 12.7. The van der Waals surface area contributed by atoms with E-state index in [9.17, 15) is 4.79 Å². The highest BCUT2D eigenvalue weighted by Gasteiger charge is 2.27. The smallest absolute Gasteiger partial charge is 0.347 e. The van der Waals surface area contributed by atoms with Gasteiger partial charge in [0.25, 0.3) is 0 Å². The molecule has 6 heteroatoms. The standard InChI is InChI=1S/C23H31N3O2S/c1-9-28-22(27)20-18(16-10-12-17(13-11-16)23(2,3)4)19(24-5)21(29-20)26(8)15-14-25(6)7/h10-13H,9,14-15H2,1-4,6-8H3. The van der Waals surface area contributed by atoms with Gasteiger partial charge in [0, 0.05) is 25.7 Å². The summed E-state index contributed by atoms with van der Waals surface area (Å²) in [4.78, 5) is 21.2. The van der Waals surface area contributed by atoms with Crippen LogP contribution in [0.4, 0.5) is 10.7 Å². The molecule has 0 amide bonds. The van der Waals surface area contributed by atoms with Gasteiger partial charge in [0.1, 0.15) is 4.88 Å². The van der Waals surface area contributed by atoms with Crippen LogP contribution in [-0.4, -0.2) is 51.7 Å². The van der Waals surface area contributed by atoms with Crippen LogP contribution < -0.4 is 4.90 Å². The van der Waals surface area contributed by atoms with Gasteiger partial charge in [-0.25, -0.2) is 9.64 Å². The number of likely N-dealkylation sites (N-methyl/N-ethyl adjacent to an activating group) is 2. The summed E-state index contributed by atoms with van der Waals surface area (Å²) in [5, 5.41) is 0.805. The molecule has 0 bridgehead atoms. The zero-order chi connectivity index (χ0) is 21.8. The first-order chi connectivity index (χ1) is 13.6. The highest BCUT2D eigenvalue weighted by Crippen LogP contribution is 2.48. The van der Waals surface area contributed by atoms with Gasteiger partial charge in [-0.2, -0.15) is 0 Å². The number of thiophene rings is 1. The highest BCUT2D eigenvalue weighted by molar-refractivity contribution is 7.19. The van der Waals surface area contributed by atoms with Gasteiger partial charge in [0.2, 0.25) is 5.69 Å². The molecule has 156 valence electrons. The van der Waals surface area contributed by atoms with Crippen molar-refractivity contribution in [2.75, 3.05) is 45.7 Å². The van der Waals surface area contributed by atoms with E-state index in [0.717, 1.165) is 23.7 Å². The summed E-state index contributed by atoms with van der Waals surface area (Å²) in [6.07, 6.45) is 0. The van der Waals surface area contributed by atoms with Crippen molar-refractivity contribution >= 4 is 28.0 Å².